The van der Waals surface area contributed by atoms with Crippen LogP contribution in [0.4, 0.5) is 0 Å². The van der Waals surface area contributed by atoms with Gasteiger partial charge in [-0.25, -0.2) is 0 Å². The Labute approximate surface area is 128 Å². The van der Waals surface area contributed by atoms with E-state index in [-0.39, 0.29) is 6.61 Å². The molecule has 1 aromatic carbocycles. The van der Waals surface area contributed by atoms with Gasteiger partial charge in [0.1, 0.15) is 0 Å². The third-order valence-electron chi connectivity index (χ3n) is 3.05. The van der Waals surface area contributed by atoms with Gasteiger partial charge in [0, 0.05) is 6.04 Å². The Kier molecular flexibility index (Phi) is 10.1. The molecule has 1 rings (SSSR count). The van der Waals surface area contributed by atoms with Crippen LogP contribution in [0, 0.1) is 19.3 Å². The van der Waals surface area contributed by atoms with Crippen molar-refractivity contribution in [2.24, 2.45) is 0 Å². The number of hydrogen-bond acceptors (Lipinski definition) is 3. The molecule has 0 amide bonds. The second-order valence-electron chi connectivity index (χ2n) is 4.96. The predicted octanol–water partition coefficient (Wildman–Crippen LogP) is 3.39. The van der Waals surface area contributed by atoms with Crippen molar-refractivity contribution < 1.29 is 5.11 Å². The summed E-state index contributed by atoms with van der Waals surface area (Å²) in [6.45, 7) is 9.95. The summed E-state index contributed by atoms with van der Waals surface area (Å²) in [5.74, 6) is 0. The normalized spacial score (nSPS) is 11.7. The summed E-state index contributed by atoms with van der Waals surface area (Å²) in [6.07, 6.45) is 6.20. The van der Waals surface area contributed by atoms with Gasteiger partial charge in [0.25, 0.3) is 0 Å². The molecule has 3 nitrogen and oxygen atoms in total. The minimum absolute atomic E-state index is 0.243. The molecule has 0 radical (unpaired) electrons. The lowest BCUT2D eigenvalue weighted by atomic mass is 10.0. The Hall–Kier alpha value is -1.71. The summed E-state index contributed by atoms with van der Waals surface area (Å²) in [7, 11) is 1.85. The van der Waals surface area contributed by atoms with Crippen LogP contribution in [0.5, 0.6) is 0 Å². The number of aryl methyl sites for hydroxylation is 2. The first-order valence-electron chi connectivity index (χ1n) is 7.22. The maximum atomic E-state index is 8.46. The van der Waals surface area contributed by atoms with Gasteiger partial charge in [0.05, 0.1) is 12.3 Å². The van der Waals surface area contributed by atoms with Crippen molar-refractivity contribution in [3.8, 4) is 0 Å². The van der Waals surface area contributed by atoms with Crippen LogP contribution in [0.2, 0.25) is 0 Å². The lowest BCUT2D eigenvalue weighted by Crippen LogP contribution is -2.27. The topological polar surface area (TPSA) is 56.1 Å². The largest absolute Gasteiger partial charge is 0.395 e. The van der Waals surface area contributed by atoms with E-state index in [1.807, 2.05) is 40.0 Å². The lowest BCUT2D eigenvalue weighted by molar-refractivity contribution is 0.245. The van der Waals surface area contributed by atoms with Crippen molar-refractivity contribution >= 4 is 5.71 Å². The van der Waals surface area contributed by atoms with Gasteiger partial charge in [-0.1, -0.05) is 42.8 Å². The molecule has 0 saturated heterocycles. The van der Waals surface area contributed by atoms with E-state index in [0.29, 0.717) is 11.8 Å². The average Bonchev–Trinajstić information content (AvgIpc) is 2.46. The smallest absolute Gasteiger partial charge is 0.0612 e. The molecule has 1 aromatic rings. The summed E-state index contributed by atoms with van der Waals surface area (Å²) >= 11 is 0. The molecule has 0 aliphatic rings. The summed E-state index contributed by atoms with van der Waals surface area (Å²) in [5.41, 5.74) is 3.87. The minimum atomic E-state index is 0.243. The molecule has 0 bridgehead atoms. The molecule has 0 heterocycles. The van der Waals surface area contributed by atoms with Gasteiger partial charge in [-0.2, -0.15) is 0 Å². The number of rotatable bonds is 6. The first-order chi connectivity index (χ1) is 9.98. The van der Waals surface area contributed by atoms with Gasteiger partial charge < -0.3 is 15.8 Å². The van der Waals surface area contributed by atoms with Gasteiger partial charge in [-0.3, -0.25) is 0 Å². The molecule has 0 fully saturated rings. The Bertz CT molecular complexity index is 448. The quantitative estimate of drug-likeness (QED) is 0.555. The van der Waals surface area contributed by atoms with Gasteiger partial charge >= 0.3 is 0 Å². The van der Waals surface area contributed by atoms with E-state index in [2.05, 4.69) is 18.0 Å². The van der Waals surface area contributed by atoms with Crippen LogP contribution in [0.15, 0.2) is 43.0 Å². The summed E-state index contributed by atoms with van der Waals surface area (Å²) in [5, 5.41) is 19.2. The molecule has 1 atom stereocenters. The molecule has 0 unspecified atom stereocenters. The first kappa shape index (κ1) is 19.3. The molecule has 3 heteroatoms. The number of benzene rings is 1. The zero-order valence-corrected chi connectivity index (χ0v) is 13.6. The first-order valence-corrected chi connectivity index (χ1v) is 7.22. The van der Waals surface area contributed by atoms with Crippen molar-refractivity contribution in [3.63, 3.8) is 0 Å². The highest BCUT2D eigenvalue weighted by Crippen LogP contribution is 2.09. The van der Waals surface area contributed by atoms with Gasteiger partial charge in [0.2, 0.25) is 0 Å². The zero-order chi connectivity index (χ0) is 16.3. The highest BCUT2D eigenvalue weighted by Gasteiger charge is 1.98. The number of nitrogens with one attached hydrogen (secondary N) is 2. The number of likely N-dealkylation sites (N-methyl/N-ethyl adjacent to an activating group) is 1. The van der Waals surface area contributed by atoms with Gasteiger partial charge in [-0.15, -0.1) is 0 Å². The van der Waals surface area contributed by atoms with Crippen molar-refractivity contribution in [1.82, 2.24) is 5.32 Å². The monoisotopic (exact) mass is 288 g/mol. The fraction of sp³-hybridized carbons (Fsp3) is 0.389. The Morgan fingerprint density at radius 1 is 1.33 bits per heavy atom. The summed E-state index contributed by atoms with van der Waals surface area (Å²) in [6, 6.07) is 6.43. The van der Waals surface area contributed by atoms with Crippen molar-refractivity contribution in [2.75, 3.05) is 13.7 Å². The van der Waals surface area contributed by atoms with Crippen molar-refractivity contribution in [1.29, 1.82) is 5.41 Å². The minimum Gasteiger partial charge on any atom is -0.395 e. The number of aliphatic hydroxyl groups excluding tert-OH is 1. The third-order valence-corrected chi connectivity index (χ3v) is 3.05. The molecular formula is C18H28N2O. The molecule has 0 aromatic heterocycles. The van der Waals surface area contributed by atoms with Crippen LogP contribution in [0.1, 0.15) is 30.0 Å². The van der Waals surface area contributed by atoms with Gasteiger partial charge in [-0.05, 0) is 51.1 Å². The second kappa shape index (κ2) is 11.0. The van der Waals surface area contributed by atoms with Crippen LogP contribution < -0.4 is 5.32 Å². The molecule has 116 valence electrons. The van der Waals surface area contributed by atoms with Crippen molar-refractivity contribution in [3.05, 3.63) is 59.7 Å². The van der Waals surface area contributed by atoms with Crippen LogP contribution >= 0.6 is 0 Å². The Morgan fingerprint density at radius 2 is 1.90 bits per heavy atom. The van der Waals surface area contributed by atoms with Crippen LogP contribution in [-0.4, -0.2) is 30.5 Å². The fourth-order valence-corrected chi connectivity index (χ4v) is 1.82. The number of hydrogen-bond donors (Lipinski definition) is 3. The standard InChI is InChI=1S/C13H15N.C5H13NO/c1-4-5-6-13(14)12-8-10(2)7-11(3)9-12;1-3-5(4-7)6-2/h4-9,14H,1H2,2-3H3;5-7H,3-4H2,1-2H3/b6-5-,14-13?;/t;5-/m.0/s1. The van der Waals surface area contributed by atoms with E-state index in [0.717, 1.165) is 12.0 Å². The van der Waals surface area contributed by atoms with E-state index >= 15 is 0 Å². The highest BCUT2D eigenvalue weighted by atomic mass is 16.3. The van der Waals surface area contributed by atoms with Crippen LogP contribution in [0.25, 0.3) is 0 Å². The molecule has 0 saturated carbocycles. The van der Waals surface area contributed by atoms with E-state index in [1.54, 1.807) is 18.2 Å². The van der Waals surface area contributed by atoms with Crippen LogP contribution in [-0.2, 0) is 0 Å². The zero-order valence-electron chi connectivity index (χ0n) is 13.6. The predicted molar refractivity (Wildman–Crippen MR) is 92.3 cm³/mol. The number of allylic oxidation sites excluding steroid dienone is 3. The molecule has 0 aliphatic heterocycles. The fourth-order valence-electron chi connectivity index (χ4n) is 1.82. The van der Waals surface area contributed by atoms with E-state index in [9.17, 15) is 0 Å². The molecular weight excluding hydrogens is 260 g/mol. The van der Waals surface area contributed by atoms with Crippen molar-refractivity contribution in [2.45, 2.75) is 33.2 Å². The Morgan fingerprint density at radius 3 is 2.24 bits per heavy atom. The van der Waals surface area contributed by atoms with Gasteiger partial charge in [0.15, 0.2) is 0 Å². The molecule has 3 N–H and O–H groups in total. The van der Waals surface area contributed by atoms with E-state index < -0.39 is 0 Å². The summed E-state index contributed by atoms with van der Waals surface area (Å²) in [4.78, 5) is 0. The highest BCUT2D eigenvalue weighted by molar-refractivity contribution is 6.06. The molecule has 0 spiro atoms. The second-order valence-corrected chi connectivity index (χ2v) is 4.96. The maximum Gasteiger partial charge on any atom is 0.0612 e. The average molecular weight is 288 g/mol. The molecule has 0 aliphatic carbocycles. The Balaban J connectivity index is 0.000000486. The lowest BCUT2D eigenvalue weighted by Gasteiger charge is -2.07. The van der Waals surface area contributed by atoms with E-state index in [4.69, 9.17) is 10.5 Å². The summed E-state index contributed by atoms with van der Waals surface area (Å²) < 4.78 is 0. The molecule has 21 heavy (non-hydrogen) atoms. The third kappa shape index (κ3) is 8.23. The van der Waals surface area contributed by atoms with Crippen LogP contribution in [0.3, 0.4) is 0 Å². The SMILES string of the molecule is C=C/C=C\C(=N)c1cc(C)cc(C)c1.CC[C@@H](CO)NC. The maximum absolute atomic E-state index is 8.46. The van der Waals surface area contributed by atoms with E-state index in [1.165, 1.54) is 11.1 Å². The number of aliphatic hydroxyl groups is 1.